The number of fused-ring (bicyclic) bond motifs is 1. The molecule has 0 aliphatic carbocycles. The molecule has 0 amide bonds. The van der Waals surface area contributed by atoms with Crippen molar-refractivity contribution in [2.45, 2.75) is 0 Å². The number of rotatable bonds is 5. The zero-order chi connectivity index (χ0) is 19.3. The molecule has 7 nitrogen and oxygen atoms in total. The Bertz CT molecular complexity index is 1160. The Morgan fingerprint density at radius 2 is 1.82 bits per heavy atom. The Morgan fingerprint density at radius 3 is 2.61 bits per heavy atom. The number of para-hydroxylation sites is 1. The van der Waals surface area contributed by atoms with Crippen LogP contribution in [0.5, 0.6) is 11.6 Å². The summed E-state index contributed by atoms with van der Waals surface area (Å²) in [6.07, 6.45) is 1.73. The summed E-state index contributed by atoms with van der Waals surface area (Å²) in [4.78, 5) is 13.2. The largest absolute Gasteiger partial charge is 0.436 e. The van der Waals surface area contributed by atoms with Crippen molar-refractivity contribution in [3.8, 4) is 17.7 Å². The minimum Gasteiger partial charge on any atom is -0.436 e. The SMILES string of the molecule is CNc1cc(Oc2cccc3cccnc23)nc(Nc2ccc(C#N)cc2)n1. The van der Waals surface area contributed by atoms with Crippen molar-refractivity contribution in [3.05, 3.63) is 72.4 Å². The fourth-order valence-corrected chi connectivity index (χ4v) is 2.69. The average Bonchev–Trinajstić information content (AvgIpc) is 2.74. The van der Waals surface area contributed by atoms with E-state index < -0.39 is 0 Å². The zero-order valence-electron chi connectivity index (χ0n) is 15.0. The molecule has 0 spiro atoms. The fourth-order valence-electron chi connectivity index (χ4n) is 2.69. The van der Waals surface area contributed by atoms with Crippen LogP contribution in [0.3, 0.4) is 0 Å². The summed E-state index contributed by atoms with van der Waals surface area (Å²) in [5.74, 6) is 1.98. The number of hydrogen-bond donors (Lipinski definition) is 2. The Hall–Kier alpha value is -4.18. The molecule has 2 N–H and O–H groups in total. The number of ether oxygens (including phenoxy) is 1. The van der Waals surface area contributed by atoms with Gasteiger partial charge in [0.2, 0.25) is 11.8 Å². The van der Waals surface area contributed by atoms with Gasteiger partial charge in [0.15, 0.2) is 5.75 Å². The molecule has 0 atom stereocenters. The number of aromatic nitrogens is 3. The summed E-state index contributed by atoms with van der Waals surface area (Å²) in [6.45, 7) is 0. The van der Waals surface area contributed by atoms with Gasteiger partial charge in [-0.15, -0.1) is 0 Å². The molecular weight excluding hydrogens is 352 g/mol. The lowest BCUT2D eigenvalue weighted by Gasteiger charge is -2.11. The van der Waals surface area contributed by atoms with E-state index >= 15 is 0 Å². The van der Waals surface area contributed by atoms with Crippen LogP contribution >= 0.6 is 0 Å². The highest BCUT2D eigenvalue weighted by atomic mass is 16.5. The molecule has 2 aromatic carbocycles. The number of anilines is 3. The highest BCUT2D eigenvalue weighted by molar-refractivity contribution is 5.84. The number of hydrogen-bond acceptors (Lipinski definition) is 7. The van der Waals surface area contributed by atoms with Crippen LogP contribution in [0.1, 0.15) is 5.56 Å². The Balaban J connectivity index is 1.65. The predicted molar refractivity (Wildman–Crippen MR) is 108 cm³/mol. The molecule has 0 saturated carbocycles. The highest BCUT2D eigenvalue weighted by Crippen LogP contribution is 2.29. The molecule has 136 valence electrons. The monoisotopic (exact) mass is 368 g/mol. The summed E-state index contributed by atoms with van der Waals surface area (Å²) >= 11 is 0. The van der Waals surface area contributed by atoms with Crippen molar-refractivity contribution >= 4 is 28.4 Å². The first-order valence-electron chi connectivity index (χ1n) is 8.61. The first-order chi connectivity index (χ1) is 13.7. The second kappa shape index (κ2) is 7.60. The van der Waals surface area contributed by atoms with Crippen LogP contribution in [0.2, 0.25) is 0 Å². The van der Waals surface area contributed by atoms with Crippen LogP contribution in [0, 0.1) is 11.3 Å². The van der Waals surface area contributed by atoms with Crippen molar-refractivity contribution in [2.24, 2.45) is 0 Å². The molecule has 4 rings (SSSR count). The van der Waals surface area contributed by atoms with Gasteiger partial charge in [0, 0.05) is 30.4 Å². The molecule has 2 heterocycles. The van der Waals surface area contributed by atoms with Crippen LogP contribution in [0.4, 0.5) is 17.5 Å². The first kappa shape index (κ1) is 17.2. The van der Waals surface area contributed by atoms with E-state index in [0.717, 1.165) is 16.6 Å². The molecule has 4 aromatic rings. The van der Waals surface area contributed by atoms with Gasteiger partial charge in [0.25, 0.3) is 0 Å². The molecule has 0 fully saturated rings. The second-order valence-corrected chi connectivity index (χ2v) is 5.91. The third-order valence-corrected chi connectivity index (χ3v) is 4.04. The van der Waals surface area contributed by atoms with Gasteiger partial charge in [-0.1, -0.05) is 18.2 Å². The van der Waals surface area contributed by atoms with Crippen LogP contribution in [0.15, 0.2) is 66.9 Å². The standard InChI is InChI=1S/C21H16N6O/c1-23-18-12-19(28-17-6-2-4-15-5-3-11-24-20(15)17)27-21(26-18)25-16-9-7-14(13-22)8-10-16/h2-12H,1H3,(H2,23,25,26,27). The molecular formula is C21H16N6O. The van der Waals surface area contributed by atoms with E-state index in [4.69, 9.17) is 10.00 Å². The van der Waals surface area contributed by atoms with Crippen LogP contribution < -0.4 is 15.4 Å². The molecule has 0 radical (unpaired) electrons. The van der Waals surface area contributed by atoms with Crippen LogP contribution in [0.25, 0.3) is 10.9 Å². The van der Waals surface area contributed by atoms with Gasteiger partial charge < -0.3 is 15.4 Å². The summed E-state index contributed by atoms with van der Waals surface area (Å²) in [6, 6.07) is 20.5. The lowest BCUT2D eigenvalue weighted by atomic mass is 10.2. The number of nitrogens with one attached hydrogen (secondary N) is 2. The topological polar surface area (TPSA) is 95.8 Å². The lowest BCUT2D eigenvalue weighted by molar-refractivity contribution is 0.467. The van der Waals surface area contributed by atoms with Crippen molar-refractivity contribution < 1.29 is 4.74 Å². The molecule has 0 unspecified atom stereocenters. The summed E-state index contributed by atoms with van der Waals surface area (Å²) in [5.41, 5.74) is 2.11. The Kier molecular flexibility index (Phi) is 4.68. The van der Waals surface area contributed by atoms with Crippen LogP contribution in [-0.4, -0.2) is 22.0 Å². The van der Waals surface area contributed by atoms with Crippen molar-refractivity contribution in [2.75, 3.05) is 17.7 Å². The van der Waals surface area contributed by atoms with Gasteiger partial charge in [-0.2, -0.15) is 15.2 Å². The van der Waals surface area contributed by atoms with E-state index in [1.54, 1.807) is 43.6 Å². The maximum Gasteiger partial charge on any atom is 0.232 e. The molecule has 0 saturated heterocycles. The van der Waals surface area contributed by atoms with Gasteiger partial charge in [-0.25, -0.2) is 0 Å². The third-order valence-electron chi connectivity index (χ3n) is 4.04. The number of nitriles is 1. The molecule has 0 aliphatic heterocycles. The van der Waals surface area contributed by atoms with Gasteiger partial charge in [0.05, 0.1) is 11.6 Å². The predicted octanol–water partition coefficient (Wildman–Crippen LogP) is 4.47. The Morgan fingerprint density at radius 1 is 1.00 bits per heavy atom. The van der Waals surface area contributed by atoms with Crippen molar-refractivity contribution in [1.29, 1.82) is 5.26 Å². The van der Waals surface area contributed by atoms with E-state index in [2.05, 4.69) is 31.7 Å². The second-order valence-electron chi connectivity index (χ2n) is 5.91. The number of nitrogens with zero attached hydrogens (tertiary/aromatic N) is 4. The van der Waals surface area contributed by atoms with E-state index in [9.17, 15) is 0 Å². The quantitative estimate of drug-likeness (QED) is 0.536. The molecule has 0 aliphatic rings. The molecule has 0 bridgehead atoms. The Labute approximate surface area is 161 Å². The maximum atomic E-state index is 8.91. The van der Waals surface area contributed by atoms with E-state index in [1.807, 2.05) is 30.3 Å². The normalized spacial score (nSPS) is 10.3. The van der Waals surface area contributed by atoms with E-state index in [-0.39, 0.29) is 0 Å². The highest BCUT2D eigenvalue weighted by Gasteiger charge is 2.09. The summed E-state index contributed by atoms with van der Waals surface area (Å²) < 4.78 is 6.01. The third kappa shape index (κ3) is 3.66. The minimum absolute atomic E-state index is 0.375. The molecule has 28 heavy (non-hydrogen) atoms. The van der Waals surface area contributed by atoms with Crippen LogP contribution in [-0.2, 0) is 0 Å². The summed E-state index contributed by atoms with van der Waals surface area (Å²) in [5, 5.41) is 16.0. The van der Waals surface area contributed by atoms with Gasteiger partial charge >= 0.3 is 0 Å². The lowest BCUT2D eigenvalue weighted by Crippen LogP contribution is -2.02. The van der Waals surface area contributed by atoms with E-state index in [0.29, 0.717) is 29.0 Å². The fraction of sp³-hybridized carbons (Fsp3) is 0.0476. The molecule has 2 aromatic heterocycles. The first-order valence-corrected chi connectivity index (χ1v) is 8.61. The van der Waals surface area contributed by atoms with Gasteiger partial charge in [-0.05, 0) is 36.4 Å². The minimum atomic E-state index is 0.375. The smallest absolute Gasteiger partial charge is 0.232 e. The molecule has 7 heteroatoms. The van der Waals surface area contributed by atoms with Crippen molar-refractivity contribution in [3.63, 3.8) is 0 Å². The number of benzene rings is 2. The van der Waals surface area contributed by atoms with E-state index in [1.165, 1.54) is 0 Å². The zero-order valence-corrected chi connectivity index (χ0v) is 15.0. The van der Waals surface area contributed by atoms with Gasteiger partial charge in [0.1, 0.15) is 11.3 Å². The number of pyridine rings is 1. The maximum absolute atomic E-state index is 8.91. The average molecular weight is 368 g/mol. The van der Waals surface area contributed by atoms with Gasteiger partial charge in [-0.3, -0.25) is 4.98 Å². The van der Waals surface area contributed by atoms with Crippen molar-refractivity contribution in [1.82, 2.24) is 15.0 Å². The summed E-state index contributed by atoms with van der Waals surface area (Å²) in [7, 11) is 1.77.